The SMILES string of the molecule is NCC(N1C(=O)c2ccccc2C1=O)S(=O)(=O)Cl. The molecule has 1 aliphatic heterocycles. The Morgan fingerprint density at radius 2 is 1.61 bits per heavy atom. The molecule has 0 spiro atoms. The summed E-state index contributed by atoms with van der Waals surface area (Å²) < 4.78 is 22.7. The Hall–Kier alpha value is -1.44. The highest BCUT2D eigenvalue weighted by atomic mass is 35.7. The van der Waals surface area contributed by atoms with E-state index in [2.05, 4.69) is 0 Å². The van der Waals surface area contributed by atoms with Gasteiger partial charge in [0.05, 0.1) is 11.1 Å². The van der Waals surface area contributed by atoms with Crippen molar-refractivity contribution in [2.75, 3.05) is 6.54 Å². The number of hydrogen-bond acceptors (Lipinski definition) is 5. The second kappa shape index (κ2) is 4.34. The molecule has 0 fully saturated rings. The van der Waals surface area contributed by atoms with E-state index in [-0.39, 0.29) is 11.1 Å². The summed E-state index contributed by atoms with van der Waals surface area (Å²) in [6, 6.07) is 6.06. The van der Waals surface area contributed by atoms with Gasteiger partial charge in [0.2, 0.25) is 0 Å². The van der Waals surface area contributed by atoms with Crippen LogP contribution in [-0.2, 0) is 9.05 Å². The smallest absolute Gasteiger partial charge is 0.262 e. The lowest BCUT2D eigenvalue weighted by Gasteiger charge is -2.21. The van der Waals surface area contributed by atoms with Crippen molar-refractivity contribution in [3.05, 3.63) is 35.4 Å². The largest absolute Gasteiger partial charge is 0.328 e. The van der Waals surface area contributed by atoms with E-state index >= 15 is 0 Å². The zero-order chi connectivity index (χ0) is 13.5. The van der Waals surface area contributed by atoms with E-state index < -0.39 is 32.8 Å². The van der Waals surface area contributed by atoms with Gasteiger partial charge in [0, 0.05) is 17.2 Å². The Kier molecular flexibility index (Phi) is 3.14. The highest BCUT2D eigenvalue weighted by Crippen LogP contribution is 2.26. The molecule has 1 aliphatic rings. The fraction of sp³-hybridized carbons (Fsp3) is 0.200. The van der Waals surface area contributed by atoms with Crippen LogP contribution in [0.3, 0.4) is 0 Å². The second-order valence-corrected chi connectivity index (χ2v) is 6.48. The molecule has 0 aromatic heterocycles. The number of halogens is 1. The van der Waals surface area contributed by atoms with Crippen LogP contribution in [0, 0.1) is 0 Å². The van der Waals surface area contributed by atoms with Crippen molar-refractivity contribution in [1.29, 1.82) is 0 Å². The average molecular weight is 289 g/mol. The highest BCUT2D eigenvalue weighted by molar-refractivity contribution is 8.14. The molecule has 0 saturated carbocycles. The lowest BCUT2D eigenvalue weighted by Crippen LogP contribution is -2.47. The van der Waals surface area contributed by atoms with E-state index in [4.69, 9.17) is 16.4 Å². The summed E-state index contributed by atoms with van der Waals surface area (Å²) in [7, 11) is 1.05. The Morgan fingerprint density at radius 3 is 1.94 bits per heavy atom. The molecule has 0 bridgehead atoms. The van der Waals surface area contributed by atoms with Crippen LogP contribution in [0.5, 0.6) is 0 Å². The van der Waals surface area contributed by atoms with Crippen molar-refractivity contribution >= 4 is 31.5 Å². The Balaban J connectivity index is 2.52. The number of amides is 2. The number of carbonyl (C=O) groups excluding carboxylic acids is 2. The van der Waals surface area contributed by atoms with Gasteiger partial charge in [-0.05, 0) is 12.1 Å². The zero-order valence-corrected chi connectivity index (χ0v) is 10.6. The van der Waals surface area contributed by atoms with Crippen LogP contribution in [0.25, 0.3) is 0 Å². The molecule has 0 radical (unpaired) electrons. The van der Waals surface area contributed by atoms with Crippen LogP contribution in [0.15, 0.2) is 24.3 Å². The first-order valence-electron chi connectivity index (χ1n) is 4.98. The summed E-state index contributed by atoms with van der Waals surface area (Å²) in [5.41, 5.74) is 5.60. The first-order chi connectivity index (χ1) is 8.38. The number of carbonyl (C=O) groups is 2. The lowest BCUT2D eigenvalue weighted by atomic mass is 10.1. The number of hydrogen-bond donors (Lipinski definition) is 1. The minimum atomic E-state index is -4.15. The van der Waals surface area contributed by atoms with Crippen LogP contribution >= 0.6 is 10.7 Å². The van der Waals surface area contributed by atoms with Gasteiger partial charge in [0.15, 0.2) is 5.37 Å². The summed E-state index contributed by atoms with van der Waals surface area (Å²) in [4.78, 5) is 24.6. The molecule has 1 heterocycles. The molecule has 1 atom stereocenters. The van der Waals surface area contributed by atoms with Crippen LogP contribution in [0.4, 0.5) is 0 Å². The van der Waals surface area contributed by atoms with E-state index in [1.165, 1.54) is 12.1 Å². The molecule has 6 nitrogen and oxygen atoms in total. The number of imide groups is 1. The van der Waals surface area contributed by atoms with Gasteiger partial charge in [-0.3, -0.25) is 14.5 Å². The third-order valence-corrected chi connectivity index (χ3v) is 4.31. The summed E-state index contributed by atoms with van der Waals surface area (Å²) in [5, 5.41) is -1.55. The molecule has 2 N–H and O–H groups in total. The van der Waals surface area contributed by atoms with Gasteiger partial charge in [-0.2, -0.15) is 0 Å². The molecule has 2 amide bonds. The zero-order valence-electron chi connectivity index (χ0n) is 9.04. The van der Waals surface area contributed by atoms with E-state index in [0.29, 0.717) is 4.90 Å². The molecular formula is C10H9ClN2O4S. The number of fused-ring (bicyclic) bond motifs is 1. The molecule has 1 aromatic carbocycles. The first kappa shape index (κ1) is 13.0. The maximum absolute atomic E-state index is 12.0. The summed E-state index contributed by atoms with van der Waals surface area (Å²) in [5.74, 6) is -1.40. The van der Waals surface area contributed by atoms with Gasteiger partial charge < -0.3 is 5.73 Å². The van der Waals surface area contributed by atoms with Gasteiger partial charge in [0.1, 0.15) is 0 Å². The molecule has 8 heteroatoms. The van der Waals surface area contributed by atoms with Crippen LogP contribution in [-0.4, -0.2) is 37.1 Å². The lowest BCUT2D eigenvalue weighted by molar-refractivity contribution is 0.0636. The predicted molar refractivity (Wildman–Crippen MR) is 64.6 cm³/mol. The van der Waals surface area contributed by atoms with Crippen molar-refractivity contribution in [1.82, 2.24) is 4.90 Å². The molecule has 96 valence electrons. The molecule has 0 saturated heterocycles. The van der Waals surface area contributed by atoms with E-state index in [9.17, 15) is 18.0 Å². The van der Waals surface area contributed by atoms with Crippen molar-refractivity contribution < 1.29 is 18.0 Å². The van der Waals surface area contributed by atoms with E-state index in [0.717, 1.165) is 0 Å². The highest BCUT2D eigenvalue weighted by Gasteiger charge is 2.43. The molecule has 1 aromatic rings. The Bertz CT molecular complexity index is 594. The maximum Gasteiger partial charge on any atom is 0.262 e. The van der Waals surface area contributed by atoms with Crippen molar-refractivity contribution in [2.45, 2.75) is 5.37 Å². The minimum Gasteiger partial charge on any atom is -0.328 e. The Morgan fingerprint density at radius 1 is 1.17 bits per heavy atom. The van der Waals surface area contributed by atoms with Crippen molar-refractivity contribution in [3.8, 4) is 0 Å². The molecule has 18 heavy (non-hydrogen) atoms. The topological polar surface area (TPSA) is 97.5 Å². The Labute approximate surface area is 108 Å². The predicted octanol–water partition coefficient (Wildman–Crippen LogP) is 0.136. The van der Waals surface area contributed by atoms with Gasteiger partial charge in [-0.1, -0.05) is 12.1 Å². The third-order valence-electron chi connectivity index (χ3n) is 2.64. The minimum absolute atomic E-state index is 0.154. The van der Waals surface area contributed by atoms with Crippen molar-refractivity contribution in [2.24, 2.45) is 5.73 Å². The number of nitrogens with two attached hydrogens (primary N) is 1. The third kappa shape index (κ3) is 1.90. The summed E-state index contributed by atoms with van der Waals surface area (Å²) >= 11 is 0. The van der Waals surface area contributed by atoms with Gasteiger partial charge in [0.25, 0.3) is 20.9 Å². The van der Waals surface area contributed by atoms with Gasteiger partial charge in [-0.25, -0.2) is 8.42 Å². The number of nitrogens with zero attached hydrogens (tertiary/aromatic N) is 1. The summed E-state index contributed by atoms with van der Waals surface area (Å²) in [6.45, 7) is -0.447. The number of benzene rings is 1. The standard InChI is InChI=1S/C10H9ClN2O4S/c11-18(16,17)8(5-12)13-9(14)6-3-1-2-4-7(6)10(13)15/h1-4,8H,5,12H2. The first-order valence-corrected chi connectivity index (χ1v) is 7.35. The monoisotopic (exact) mass is 288 g/mol. The van der Waals surface area contributed by atoms with Gasteiger partial charge in [-0.15, -0.1) is 0 Å². The summed E-state index contributed by atoms with van der Waals surface area (Å²) in [6.07, 6.45) is 0. The van der Waals surface area contributed by atoms with Gasteiger partial charge >= 0.3 is 0 Å². The molecule has 2 rings (SSSR count). The fourth-order valence-electron chi connectivity index (χ4n) is 1.82. The fourth-order valence-corrected chi connectivity index (χ4v) is 2.95. The van der Waals surface area contributed by atoms with Crippen LogP contribution < -0.4 is 5.73 Å². The molecule has 0 aliphatic carbocycles. The van der Waals surface area contributed by atoms with Crippen LogP contribution in [0.2, 0.25) is 0 Å². The maximum atomic E-state index is 12.0. The quantitative estimate of drug-likeness (QED) is 0.630. The van der Waals surface area contributed by atoms with Crippen molar-refractivity contribution in [3.63, 3.8) is 0 Å². The molecule has 1 unspecified atom stereocenters. The normalized spacial score (nSPS) is 16.9. The number of rotatable bonds is 3. The average Bonchev–Trinajstić information content (AvgIpc) is 2.54. The van der Waals surface area contributed by atoms with Crippen LogP contribution in [0.1, 0.15) is 20.7 Å². The second-order valence-electron chi connectivity index (χ2n) is 3.69. The molecular weight excluding hydrogens is 280 g/mol. The van der Waals surface area contributed by atoms with E-state index in [1.54, 1.807) is 12.1 Å². The van der Waals surface area contributed by atoms with E-state index in [1.807, 2.05) is 0 Å².